The molecule has 0 aromatic carbocycles. The highest BCUT2D eigenvalue weighted by molar-refractivity contribution is 5.17. The number of hydrogen-bond acceptors (Lipinski definition) is 4. The zero-order valence-electron chi connectivity index (χ0n) is 10.2. The minimum absolute atomic E-state index is 0.0705. The van der Waals surface area contributed by atoms with Crippen molar-refractivity contribution < 1.29 is 19.3 Å². The van der Waals surface area contributed by atoms with E-state index in [1.165, 1.54) is 6.42 Å². The summed E-state index contributed by atoms with van der Waals surface area (Å²) in [5.74, 6) is 2.42. The molecule has 1 N–H and O–H groups in total. The topological polar surface area (TPSA) is 47.9 Å². The molecule has 4 nitrogen and oxygen atoms in total. The van der Waals surface area contributed by atoms with Crippen molar-refractivity contribution in [2.24, 2.45) is 17.8 Å². The number of hydrogen-bond donors (Lipinski definition) is 1. The van der Waals surface area contributed by atoms with E-state index >= 15 is 0 Å². The van der Waals surface area contributed by atoms with E-state index in [9.17, 15) is 0 Å². The van der Waals surface area contributed by atoms with Crippen molar-refractivity contribution in [2.75, 3.05) is 46.2 Å². The van der Waals surface area contributed by atoms with Crippen molar-refractivity contribution in [2.45, 2.75) is 6.42 Å². The first kappa shape index (κ1) is 13.0. The number of aliphatic hydroxyl groups is 1. The predicted molar refractivity (Wildman–Crippen MR) is 63.8 cm³/mol. The summed E-state index contributed by atoms with van der Waals surface area (Å²) in [6.45, 7) is 3.73. The summed E-state index contributed by atoms with van der Waals surface area (Å²) in [6, 6.07) is 0. The van der Waals surface area contributed by atoms with Crippen LogP contribution >= 0.6 is 0 Å². The smallest absolute Gasteiger partial charge is 0.0701 e. The summed E-state index contributed by atoms with van der Waals surface area (Å²) in [5, 5.41) is 8.47. The molecule has 98 valence electrons. The molecule has 1 fully saturated rings. The van der Waals surface area contributed by atoms with Gasteiger partial charge in [-0.3, -0.25) is 0 Å². The molecule has 3 atom stereocenters. The van der Waals surface area contributed by atoms with Crippen LogP contribution in [0.5, 0.6) is 0 Å². The molecule has 0 radical (unpaired) electrons. The van der Waals surface area contributed by atoms with Gasteiger partial charge in [-0.05, 0) is 24.2 Å². The first-order valence-electron chi connectivity index (χ1n) is 6.44. The van der Waals surface area contributed by atoms with Gasteiger partial charge in [0.1, 0.15) is 0 Å². The Kier molecular flexibility index (Phi) is 5.45. The fourth-order valence-electron chi connectivity index (χ4n) is 2.37. The Balaban J connectivity index is 1.31. The highest BCUT2D eigenvalue weighted by Gasteiger charge is 2.42. The lowest BCUT2D eigenvalue weighted by Crippen LogP contribution is -2.42. The number of aliphatic hydroxyl groups excluding tert-OH is 1. The Bertz CT molecular complexity index is 242. The molecule has 0 heterocycles. The van der Waals surface area contributed by atoms with Crippen molar-refractivity contribution in [3.63, 3.8) is 0 Å². The fourth-order valence-corrected chi connectivity index (χ4v) is 2.37. The van der Waals surface area contributed by atoms with Crippen molar-refractivity contribution in [1.82, 2.24) is 0 Å². The Morgan fingerprint density at radius 1 is 0.941 bits per heavy atom. The van der Waals surface area contributed by atoms with Gasteiger partial charge in [0.05, 0.1) is 46.2 Å². The van der Waals surface area contributed by atoms with Crippen molar-refractivity contribution >= 4 is 0 Å². The number of ether oxygens (including phenoxy) is 3. The van der Waals surface area contributed by atoms with Gasteiger partial charge < -0.3 is 19.3 Å². The van der Waals surface area contributed by atoms with E-state index in [0.717, 1.165) is 24.4 Å². The van der Waals surface area contributed by atoms with Crippen molar-refractivity contribution in [3.05, 3.63) is 12.2 Å². The molecule has 0 aromatic heterocycles. The molecule has 1 saturated carbocycles. The van der Waals surface area contributed by atoms with Crippen LogP contribution in [0, 0.1) is 17.8 Å². The zero-order valence-corrected chi connectivity index (χ0v) is 10.2. The Morgan fingerprint density at radius 2 is 1.65 bits per heavy atom. The third kappa shape index (κ3) is 3.78. The van der Waals surface area contributed by atoms with E-state index in [-0.39, 0.29) is 6.61 Å². The van der Waals surface area contributed by atoms with Crippen LogP contribution < -0.4 is 0 Å². The summed E-state index contributed by atoms with van der Waals surface area (Å²) in [7, 11) is 0. The summed E-state index contributed by atoms with van der Waals surface area (Å²) >= 11 is 0. The second-order valence-corrected chi connectivity index (χ2v) is 4.65. The maximum absolute atomic E-state index is 8.47. The van der Waals surface area contributed by atoms with Crippen LogP contribution in [0.2, 0.25) is 0 Å². The molecular formula is C13H22O4. The molecule has 2 rings (SSSR count). The van der Waals surface area contributed by atoms with Crippen LogP contribution in [0.4, 0.5) is 0 Å². The van der Waals surface area contributed by atoms with Gasteiger partial charge >= 0.3 is 0 Å². The average Bonchev–Trinajstić information content (AvgIpc) is 2.32. The van der Waals surface area contributed by atoms with Gasteiger partial charge in [0.2, 0.25) is 0 Å². The number of rotatable bonds is 10. The molecule has 0 spiro atoms. The molecular weight excluding hydrogens is 220 g/mol. The van der Waals surface area contributed by atoms with E-state index in [0.29, 0.717) is 33.0 Å². The average molecular weight is 242 g/mol. The third-order valence-electron chi connectivity index (χ3n) is 3.51. The van der Waals surface area contributed by atoms with Crippen LogP contribution in [0.1, 0.15) is 6.42 Å². The molecule has 0 saturated heterocycles. The first-order chi connectivity index (χ1) is 8.42. The second-order valence-electron chi connectivity index (χ2n) is 4.65. The van der Waals surface area contributed by atoms with Crippen LogP contribution in [0.3, 0.4) is 0 Å². The van der Waals surface area contributed by atoms with Crippen LogP contribution in [-0.4, -0.2) is 51.4 Å². The molecule has 2 aliphatic rings. The molecule has 0 amide bonds. The van der Waals surface area contributed by atoms with Crippen LogP contribution in [-0.2, 0) is 14.2 Å². The largest absolute Gasteiger partial charge is 0.394 e. The van der Waals surface area contributed by atoms with E-state index in [1.54, 1.807) is 0 Å². The van der Waals surface area contributed by atoms with Crippen LogP contribution in [0.15, 0.2) is 12.2 Å². The maximum atomic E-state index is 8.47. The monoisotopic (exact) mass is 242 g/mol. The van der Waals surface area contributed by atoms with Crippen LogP contribution in [0.25, 0.3) is 0 Å². The summed E-state index contributed by atoms with van der Waals surface area (Å²) in [5.41, 5.74) is 0. The minimum atomic E-state index is 0.0705. The van der Waals surface area contributed by atoms with Gasteiger partial charge in [-0.15, -0.1) is 0 Å². The quantitative estimate of drug-likeness (QED) is 0.456. The standard InChI is InChI=1S/C13H22O4/c14-3-4-15-5-6-16-7-8-17-10-12-9-11-1-2-13(11)12/h1-2,11-14H,3-10H2/t11?,12?,13-/m1/s1. The van der Waals surface area contributed by atoms with E-state index in [1.807, 2.05) is 0 Å². The Morgan fingerprint density at radius 3 is 2.18 bits per heavy atom. The van der Waals surface area contributed by atoms with Gasteiger partial charge in [-0.2, -0.15) is 0 Å². The predicted octanol–water partition coefficient (Wildman–Crippen LogP) is 0.851. The van der Waals surface area contributed by atoms with E-state index in [2.05, 4.69) is 12.2 Å². The molecule has 2 aliphatic carbocycles. The third-order valence-corrected chi connectivity index (χ3v) is 3.51. The Labute approximate surface area is 103 Å². The highest BCUT2D eigenvalue weighted by atomic mass is 16.5. The van der Waals surface area contributed by atoms with E-state index < -0.39 is 0 Å². The lowest BCUT2D eigenvalue weighted by Gasteiger charge is -2.47. The summed E-state index contributed by atoms with van der Waals surface area (Å²) in [6.07, 6.45) is 5.91. The molecule has 17 heavy (non-hydrogen) atoms. The maximum Gasteiger partial charge on any atom is 0.0701 e. The van der Waals surface area contributed by atoms with Crippen molar-refractivity contribution in [1.29, 1.82) is 0 Å². The molecule has 0 aromatic rings. The van der Waals surface area contributed by atoms with Gasteiger partial charge in [-0.1, -0.05) is 12.2 Å². The normalized spacial score (nSPS) is 29.6. The zero-order chi connectivity index (χ0) is 11.9. The summed E-state index contributed by atoms with van der Waals surface area (Å²) in [4.78, 5) is 0. The highest BCUT2D eigenvalue weighted by Crippen LogP contribution is 2.48. The SMILES string of the molecule is OCCOCCOCCOCC1CC2C=C[C@H]21. The molecule has 0 bridgehead atoms. The van der Waals surface area contributed by atoms with Gasteiger partial charge in [0.25, 0.3) is 0 Å². The second kappa shape index (κ2) is 7.11. The van der Waals surface area contributed by atoms with Gasteiger partial charge in [-0.25, -0.2) is 0 Å². The molecule has 4 heteroatoms. The summed E-state index contributed by atoms with van der Waals surface area (Å²) < 4.78 is 16.0. The Hall–Kier alpha value is -0.420. The van der Waals surface area contributed by atoms with E-state index in [4.69, 9.17) is 19.3 Å². The molecule has 0 aliphatic heterocycles. The van der Waals surface area contributed by atoms with Gasteiger partial charge in [0, 0.05) is 0 Å². The minimum Gasteiger partial charge on any atom is -0.394 e. The lowest BCUT2D eigenvalue weighted by molar-refractivity contribution is -0.0224. The number of allylic oxidation sites excluding steroid dienone is 2. The first-order valence-corrected chi connectivity index (χ1v) is 6.44. The van der Waals surface area contributed by atoms with Crippen molar-refractivity contribution in [3.8, 4) is 0 Å². The molecule has 2 unspecified atom stereocenters. The van der Waals surface area contributed by atoms with Gasteiger partial charge in [0.15, 0.2) is 0 Å². The fraction of sp³-hybridized carbons (Fsp3) is 0.846. The lowest BCUT2D eigenvalue weighted by atomic mass is 9.59. The number of fused-ring (bicyclic) bond motifs is 1.